The first-order chi connectivity index (χ1) is 9.02. The first-order valence-electron chi connectivity index (χ1n) is 7.03. The second kappa shape index (κ2) is 7.82. The molecule has 0 unspecified atom stereocenters. The van der Waals surface area contributed by atoms with Gasteiger partial charge in [0.25, 0.3) is 0 Å². The smallest absolute Gasteiger partial charge is 0.191 e. The van der Waals surface area contributed by atoms with Crippen LogP contribution in [0.2, 0.25) is 0 Å². The number of hydrogen-bond donors (Lipinski definition) is 2. The van der Waals surface area contributed by atoms with Gasteiger partial charge in [0.15, 0.2) is 5.96 Å². The van der Waals surface area contributed by atoms with E-state index in [0.29, 0.717) is 5.92 Å². The average Bonchev–Trinajstić information content (AvgIpc) is 2.35. The summed E-state index contributed by atoms with van der Waals surface area (Å²) >= 11 is 0. The minimum Gasteiger partial charge on any atom is -0.356 e. The maximum atomic E-state index is 4.24. The fourth-order valence-corrected chi connectivity index (χ4v) is 1.92. The van der Waals surface area contributed by atoms with Crippen LogP contribution in [0.4, 0.5) is 0 Å². The third-order valence-corrected chi connectivity index (χ3v) is 3.18. The number of guanidine groups is 1. The van der Waals surface area contributed by atoms with Crippen LogP contribution in [-0.4, -0.2) is 19.6 Å². The highest BCUT2D eigenvalue weighted by atomic mass is 15.2. The zero-order chi connectivity index (χ0) is 14.3. The molecule has 0 heterocycles. The minimum absolute atomic E-state index is 0.713. The molecular formula is C16H27N3. The van der Waals surface area contributed by atoms with Gasteiger partial charge in [-0.15, -0.1) is 0 Å². The number of rotatable bonds is 5. The van der Waals surface area contributed by atoms with Crippen molar-refractivity contribution in [2.24, 2.45) is 10.9 Å². The molecule has 0 atom stereocenters. The minimum atomic E-state index is 0.713. The van der Waals surface area contributed by atoms with Crippen LogP contribution in [0.3, 0.4) is 0 Å². The molecule has 0 amide bonds. The zero-order valence-electron chi connectivity index (χ0n) is 12.9. The molecule has 1 aromatic rings. The molecule has 3 heteroatoms. The molecule has 0 bridgehead atoms. The normalized spacial score (nSPS) is 11.8. The van der Waals surface area contributed by atoms with E-state index in [1.165, 1.54) is 16.7 Å². The fourth-order valence-electron chi connectivity index (χ4n) is 1.92. The predicted octanol–water partition coefficient (Wildman–Crippen LogP) is 3.01. The molecule has 0 spiro atoms. The van der Waals surface area contributed by atoms with E-state index < -0.39 is 0 Å². The standard InChI is InChI=1S/C16H27N3/c1-12(2)8-9-18-16(17-5)19-11-15-7-6-13(3)10-14(15)4/h6-7,10,12H,8-9,11H2,1-5H3,(H2,17,18,19). The highest BCUT2D eigenvalue weighted by molar-refractivity contribution is 5.79. The first kappa shape index (κ1) is 15.5. The molecule has 0 aliphatic heterocycles. The Hall–Kier alpha value is -1.51. The van der Waals surface area contributed by atoms with Crippen LogP contribution < -0.4 is 10.6 Å². The van der Waals surface area contributed by atoms with Crippen molar-refractivity contribution in [1.82, 2.24) is 10.6 Å². The highest BCUT2D eigenvalue weighted by Gasteiger charge is 2.01. The number of aliphatic imine (C=N–C) groups is 1. The molecule has 0 aliphatic carbocycles. The quantitative estimate of drug-likeness (QED) is 0.631. The number of nitrogens with one attached hydrogen (secondary N) is 2. The van der Waals surface area contributed by atoms with E-state index in [1.54, 1.807) is 0 Å². The molecule has 0 radical (unpaired) electrons. The van der Waals surface area contributed by atoms with Crippen molar-refractivity contribution in [3.8, 4) is 0 Å². The van der Waals surface area contributed by atoms with Crippen LogP contribution in [0.25, 0.3) is 0 Å². The van der Waals surface area contributed by atoms with Crippen LogP contribution in [-0.2, 0) is 6.54 Å². The Morgan fingerprint density at radius 1 is 1.21 bits per heavy atom. The molecule has 1 rings (SSSR count). The summed E-state index contributed by atoms with van der Waals surface area (Å²) < 4.78 is 0. The fraction of sp³-hybridized carbons (Fsp3) is 0.562. The molecule has 3 nitrogen and oxygen atoms in total. The van der Waals surface area contributed by atoms with Crippen LogP contribution in [0.15, 0.2) is 23.2 Å². The lowest BCUT2D eigenvalue weighted by Crippen LogP contribution is -2.37. The van der Waals surface area contributed by atoms with E-state index in [0.717, 1.165) is 25.5 Å². The van der Waals surface area contributed by atoms with Gasteiger partial charge in [-0.25, -0.2) is 0 Å². The van der Waals surface area contributed by atoms with E-state index >= 15 is 0 Å². The lowest BCUT2D eigenvalue weighted by atomic mass is 10.1. The monoisotopic (exact) mass is 261 g/mol. The molecule has 1 aromatic carbocycles. The largest absolute Gasteiger partial charge is 0.356 e. The van der Waals surface area contributed by atoms with Gasteiger partial charge in [-0.2, -0.15) is 0 Å². The van der Waals surface area contributed by atoms with Crippen molar-refractivity contribution in [1.29, 1.82) is 0 Å². The van der Waals surface area contributed by atoms with Crippen molar-refractivity contribution in [3.63, 3.8) is 0 Å². The Morgan fingerprint density at radius 3 is 2.53 bits per heavy atom. The Bertz CT molecular complexity index is 422. The summed E-state index contributed by atoms with van der Waals surface area (Å²) in [5.41, 5.74) is 3.95. The second-order valence-corrected chi connectivity index (χ2v) is 5.47. The van der Waals surface area contributed by atoms with Gasteiger partial charge in [0.1, 0.15) is 0 Å². The highest BCUT2D eigenvalue weighted by Crippen LogP contribution is 2.09. The number of hydrogen-bond acceptors (Lipinski definition) is 1. The van der Waals surface area contributed by atoms with Crippen molar-refractivity contribution >= 4 is 5.96 Å². The Kier molecular flexibility index (Phi) is 6.40. The molecule has 0 aliphatic rings. The number of aryl methyl sites for hydroxylation is 2. The first-order valence-corrected chi connectivity index (χ1v) is 7.03. The summed E-state index contributed by atoms with van der Waals surface area (Å²) in [6, 6.07) is 6.55. The van der Waals surface area contributed by atoms with Crippen LogP contribution in [0, 0.1) is 19.8 Å². The SMILES string of the molecule is CN=C(NCCC(C)C)NCc1ccc(C)cc1C. The van der Waals surface area contributed by atoms with Crippen molar-refractivity contribution in [2.75, 3.05) is 13.6 Å². The predicted molar refractivity (Wildman–Crippen MR) is 83.6 cm³/mol. The third kappa shape index (κ3) is 5.77. The average molecular weight is 261 g/mol. The number of benzene rings is 1. The summed E-state index contributed by atoms with van der Waals surface area (Å²) in [4.78, 5) is 4.24. The van der Waals surface area contributed by atoms with E-state index in [1.807, 2.05) is 7.05 Å². The summed E-state index contributed by atoms with van der Waals surface area (Å²) in [6.45, 7) is 10.5. The van der Waals surface area contributed by atoms with Gasteiger partial charge >= 0.3 is 0 Å². The molecule has 0 aromatic heterocycles. The van der Waals surface area contributed by atoms with Gasteiger partial charge in [-0.3, -0.25) is 4.99 Å². The Morgan fingerprint density at radius 2 is 1.95 bits per heavy atom. The van der Waals surface area contributed by atoms with Crippen molar-refractivity contribution in [2.45, 2.75) is 40.7 Å². The number of nitrogens with zero attached hydrogens (tertiary/aromatic N) is 1. The summed E-state index contributed by atoms with van der Waals surface area (Å²) in [6.07, 6.45) is 1.16. The summed E-state index contributed by atoms with van der Waals surface area (Å²) in [5, 5.41) is 6.70. The van der Waals surface area contributed by atoms with E-state index in [-0.39, 0.29) is 0 Å². The lowest BCUT2D eigenvalue weighted by Gasteiger charge is -2.14. The summed E-state index contributed by atoms with van der Waals surface area (Å²) in [7, 11) is 1.81. The maximum Gasteiger partial charge on any atom is 0.191 e. The van der Waals surface area contributed by atoms with Crippen LogP contribution in [0.5, 0.6) is 0 Å². The molecule has 2 N–H and O–H groups in total. The van der Waals surface area contributed by atoms with E-state index in [9.17, 15) is 0 Å². The molecule has 19 heavy (non-hydrogen) atoms. The van der Waals surface area contributed by atoms with E-state index in [4.69, 9.17) is 0 Å². The zero-order valence-corrected chi connectivity index (χ0v) is 12.9. The van der Waals surface area contributed by atoms with Gasteiger partial charge in [-0.05, 0) is 37.3 Å². The van der Waals surface area contributed by atoms with E-state index in [2.05, 4.69) is 61.5 Å². The Balaban J connectivity index is 2.45. The molecule has 0 saturated carbocycles. The molecular weight excluding hydrogens is 234 g/mol. The molecule has 0 saturated heterocycles. The lowest BCUT2D eigenvalue weighted by molar-refractivity contribution is 0.573. The maximum absolute atomic E-state index is 4.24. The van der Waals surface area contributed by atoms with Gasteiger partial charge in [-0.1, -0.05) is 37.6 Å². The van der Waals surface area contributed by atoms with Gasteiger partial charge in [0.05, 0.1) is 0 Å². The molecule has 0 fully saturated rings. The van der Waals surface area contributed by atoms with Crippen LogP contribution in [0.1, 0.15) is 37.0 Å². The van der Waals surface area contributed by atoms with Gasteiger partial charge < -0.3 is 10.6 Å². The van der Waals surface area contributed by atoms with Gasteiger partial charge in [0, 0.05) is 20.1 Å². The van der Waals surface area contributed by atoms with Gasteiger partial charge in [0.2, 0.25) is 0 Å². The second-order valence-electron chi connectivity index (χ2n) is 5.47. The summed E-state index contributed by atoms with van der Waals surface area (Å²) in [5.74, 6) is 1.59. The van der Waals surface area contributed by atoms with Crippen molar-refractivity contribution in [3.05, 3.63) is 34.9 Å². The Labute approximate surface area is 117 Å². The molecule has 106 valence electrons. The third-order valence-electron chi connectivity index (χ3n) is 3.18. The topological polar surface area (TPSA) is 36.4 Å². The van der Waals surface area contributed by atoms with Crippen LogP contribution >= 0.6 is 0 Å². The van der Waals surface area contributed by atoms with Crippen molar-refractivity contribution < 1.29 is 0 Å².